The van der Waals surface area contributed by atoms with Crippen molar-refractivity contribution >= 4 is 35.0 Å². The average molecular weight is 325 g/mol. The lowest BCUT2D eigenvalue weighted by molar-refractivity contribution is -0.297. The van der Waals surface area contributed by atoms with Gasteiger partial charge in [0.1, 0.15) is 6.61 Å². The highest BCUT2D eigenvalue weighted by atomic mass is 35.5. The highest BCUT2D eigenvalue weighted by Crippen LogP contribution is 2.30. The molecule has 0 bridgehead atoms. The minimum absolute atomic E-state index is 0.328. The van der Waals surface area contributed by atoms with Crippen molar-refractivity contribution in [3.05, 3.63) is 45.4 Å². The molecule has 1 aromatic heterocycles. The number of methoxy groups -OCH3 is 1. The Kier molecular flexibility index (Phi) is 5.19. The molecule has 0 amide bonds. The number of benzene rings is 1. The van der Waals surface area contributed by atoms with Crippen LogP contribution in [0.15, 0.2) is 30.5 Å². The summed E-state index contributed by atoms with van der Waals surface area (Å²) in [5, 5.41) is 10.4. The Morgan fingerprint density at radius 1 is 1.48 bits per heavy atom. The smallest absolute Gasteiger partial charge is 0.183 e. The summed E-state index contributed by atoms with van der Waals surface area (Å²) in [5.41, 5.74) is 0.671. The molecule has 0 aliphatic heterocycles. The quantitative estimate of drug-likeness (QED) is 0.761. The zero-order chi connectivity index (χ0) is 15.2. The number of thiazole rings is 1. The van der Waals surface area contributed by atoms with Crippen LogP contribution in [0.25, 0.3) is 6.08 Å². The molecule has 0 N–H and O–H groups in total. The van der Waals surface area contributed by atoms with Crippen LogP contribution in [0.3, 0.4) is 0 Å². The number of carboxylic acid groups (broad SMARTS) is 1. The van der Waals surface area contributed by atoms with E-state index in [2.05, 4.69) is 4.98 Å². The van der Waals surface area contributed by atoms with E-state index in [1.807, 2.05) is 0 Å². The van der Waals surface area contributed by atoms with Gasteiger partial charge in [0, 0.05) is 6.20 Å². The molecule has 1 aromatic carbocycles. The second kappa shape index (κ2) is 7.10. The maximum atomic E-state index is 10.4. The van der Waals surface area contributed by atoms with Gasteiger partial charge >= 0.3 is 0 Å². The molecule has 0 unspecified atom stereocenters. The molecule has 0 aliphatic carbocycles. The number of aliphatic carboxylic acids is 1. The van der Waals surface area contributed by atoms with Crippen LogP contribution in [0.4, 0.5) is 0 Å². The summed E-state index contributed by atoms with van der Waals surface area (Å²) in [5.74, 6) is -0.199. The maximum absolute atomic E-state index is 10.4. The van der Waals surface area contributed by atoms with Gasteiger partial charge in [-0.15, -0.1) is 11.3 Å². The Hall–Kier alpha value is -2.05. The van der Waals surface area contributed by atoms with Crippen LogP contribution < -0.4 is 14.6 Å². The summed E-state index contributed by atoms with van der Waals surface area (Å²) >= 11 is 7.09. The fourth-order valence-corrected chi connectivity index (χ4v) is 2.46. The van der Waals surface area contributed by atoms with Crippen molar-refractivity contribution in [1.29, 1.82) is 0 Å². The molecule has 0 saturated heterocycles. The van der Waals surface area contributed by atoms with E-state index < -0.39 is 5.97 Å². The Bertz CT molecular complexity index is 669. The predicted octanol–water partition coefficient (Wildman–Crippen LogP) is 2.15. The monoisotopic (exact) mass is 324 g/mol. The Morgan fingerprint density at radius 2 is 2.29 bits per heavy atom. The molecule has 0 fully saturated rings. The van der Waals surface area contributed by atoms with Crippen molar-refractivity contribution in [3.8, 4) is 11.5 Å². The van der Waals surface area contributed by atoms with Crippen molar-refractivity contribution in [2.45, 2.75) is 6.61 Å². The number of hydrogen-bond donors (Lipinski definition) is 0. The third-order valence-corrected chi connectivity index (χ3v) is 3.58. The van der Waals surface area contributed by atoms with E-state index in [-0.39, 0.29) is 0 Å². The van der Waals surface area contributed by atoms with Gasteiger partial charge in [-0.2, -0.15) is 0 Å². The predicted molar refractivity (Wildman–Crippen MR) is 78.5 cm³/mol. The van der Waals surface area contributed by atoms with E-state index >= 15 is 0 Å². The summed E-state index contributed by atoms with van der Waals surface area (Å²) in [6, 6.07) is 5.10. The van der Waals surface area contributed by atoms with Gasteiger partial charge in [0.25, 0.3) is 0 Å². The minimum atomic E-state index is -1.25. The number of carbonyl (C=O) groups is 1. The van der Waals surface area contributed by atoms with E-state index in [0.717, 1.165) is 11.0 Å². The van der Waals surface area contributed by atoms with Gasteiger partial charge in [-0.1, -0.05) is 23.7 Å². The minimum Gasteiger partial charge on any atom is -0.545 e. The van der Waals surface area contributed by atoms with E-state index in [1.165, 1.54) is 24.5 Å². The third kappa shape index (κ3) is 4.47. The fraction of sp³-hybridized carbons (Fsp3) is 0.143. The third-order valence-electron chi connectivity index (χ3n) is 2.49. The van der Waals surface area contributed by atoms with Gasteiger partial charge in [0.05, 0.1) is 18.0 Å². The van der Waals surface area contributed by atoms with E-state index in [0.29, 0.717) is 28.1 Å². The molecule has 2 aromatic rings. The maximum Gasteiger partial charge on any atom is 0.183 e. The Morgan fingerprint density at radius 3 is 2.90 bits per heavy atom. The van der Waals surface area contributed by atoms with Crippen molar-refractivity contribution in [1.82, 2.24) is 4.98 Å². The van der Waals surface area contributed by atoms with E-state index in [1.54, 1.807) is 24.4 Å². The van der Waals surface area contributed by atoms with Crippen LogP contribution in [0, 0.1) is 0 Å². The van der Waals surface area contributed by atoms with E-state index in [4.69, 9.17) is 21.1 Å². The first kappa shape index (κ1) is 15.3. The van der Waals surface area contributed by atoms with Gasteiger partial charge in [0.15, 0.2) is 16.0 Å². The van der Waals surface area contributed by atoms with Gasteiger partial charge in [-0.05, 0) is 23.8 Å². The Labute approximate surface area is 130 Å². The summed E-state index contributed by atoms with van der Waals surface area (Å²) in [7, 11) is 1.51. The SMILES string of the molecule is COc1cc(/C=C/C(=O)[O-])ccc1OCc1cnc(Cl)s1. The molecular formula is C14H11ClNO4S-. The second-order valence-corrected chi connectivity index (χ2v) is 5.63. The number of hydrogen-bond acceptors (Lipinski definition) is 6. The average Bonchev–Trinajstić information content (AvgIpc) is 2.88. The van der Waals surface area contributed by atoms with Gasteiger partial charge in [-0.25, -0.2) is 4.98 Å². The Balaban J connectivity index is 2.10. The van der Waals surface area contributed by atoms with Gasteiger partial charge in [-0.3, -0.25) is 0 Å². The summed E-state index contributed by atoms with van der Waals surface area (Å²) in [6.07, 6.45) is 4.02. The molecule has 5 nitrogen and oxygen atoms in total. The second-order valence-electron chi connectivity index (χ2n) is 3.93. The molecule has 0 aliphatic rings. The molecular weight excluding hydrogens is 314 g/mol. The lowest BCUT2D eigenvalue weighted by Crippen LogP contribution is -2.18. The van der Waals surface area contributed by atoms with Crippen molar-refractivity contribution < 1.29 is 19.4 Å². The van der Waals surface area contributed by atoms with Crippen LogP contribution in [-0.4, -0.2) is 18.1 Å². The number of carbonyl (C=O) groups excluding carboxylic acids is 1. The van der Waals surface area contributed by atoms with Crippen LogP contribution in [-0.2, 0) is 11.4 Å². The zero-order valence-electron chi connectivity index (χ0n) is 11.0. The fourth-order valence-electron chi connectivity index (χ4n) is 1.57. The molecule has 0 spiro atoms. The van der Waals surface area contributed by atoms with Gasteiger partial charge in [0.2, 0.25) is 0 Å². The molecule has 7 heteroatoms. The highest BCUT2D eigenvalue weighted by molar-refractivity contribution is 7.15. The van der Waals surface area contributed by atoms with Crippen molar-refractivity contribution in [2.24, 2.45) is 0 Å². The highest BCUT2D eigenvalue weighted by Gasteiger charge is 2.07. The van der Waals surface area contributed by atoms with Gasteiger partial charge < -0.3 is 19.4 Å². The van der Waals surface area contributed by atoms with Crippen LogP contribution >= 0.6 is 22.9 Å². The molecule has 0 radical (unpaired) electrons. The normalized spacial score (nSPS) is 10.8. The van der Waals surface area contributed by atoms with Crippen molar-refractivity contribution in [3.63, 3.8) is 0 Å². The first-order valence-electron chi connectivity index (χ1n) is 5.88. The molecule has 1 heterocycles. The lowest BCUT2D eigenvalue weighted by Gasteiger charge is -2.10. The standard InChI is InChI=1S/C14H12ClNO4S/c1-19-12-6-9(3-5-13(17)18)2-4-11(12)20-8-10-7-16-14(15)21-10/h2-7H,8H2,1H3,(H,17,18)/p-1/b5-3+. The number of rotatable bonds is 6. The summed E-state index contributed by atoms with van der Waals surface area (Å²) in [4.78, 5) is 15.2. The first-order valence-corrected chi connectivity index (χ1v) is 7.08. The molecule has 2 rings (SSSR count). The molecule has 110 valence electrons. The molecule has 0 atom stereocenters. The van der Waals surface area contributed by atoms with Crippen molar-refractivity contribution in [2.75, 3.05) is 7.11 Å². The number of ether oxygens (including phenoxy) is 2. The summed E-state index contributed by atoms with van der Waals surface area (Å²) < 4.78 is 11.3. The number of aromatic nitrogens is 1. The summed E-state index contributed by atoms with van der Waals surface area (Å²) in [6.45, 7) is 0.328. The number of carboxylic acids is 1. The first-order chi connectivity index (χ1) is 10.1. The van der Waals surface area contributed by atoms with Crippen LogP contribution in [0.1, 0.15) is 10.4 Å². The largest absolute Gasteiger partial charge is 0.545 e. The topological polar surface area (TPSA) is 71.5 Å². The molecule has 21 heavy (non-hydrogen) atoms. The van der Waals surface area contributed by atoms with E-state index in [9.17, 15) is 9.90 Å². The zero-order valence-corrected chi connectivity index (χ0v) is 12.6. The van der Waals surface area contributed by atoms with Crippen LogP contribution in [0.5, 0.6) is 11.5 Å². The number of nitrogens with zero attached hydrogens (tertiary/aromatic N) is 1. The number of halogens is 1. The lowest BCUT2D eigenvalue weighted by atomic mass is 10.2. The van der Waals surface area contributed by atoms with Crippen LogP contribution in [0.2, 0.25) is 4.47 Å². The molecule has 0 saturated carbocycles.